The van der Waals surface area contributed by atoms with Gasteiger partial charge in [0.25, 0.3) is 0 Å². The van der Waals surface area contributed by atoms with E-state index in [1.807, 2.05) is 30.5 Å². The molecular formula is C28H23N. The van der Waals surface area contributed by atoms with Gasteiger partial charge in [-0.2, -0.15) is 0 Å². The molecule has 4 aromatic rings. The average Bonchev–Trinajstić information content (AvgIpc) is 2.80. The molecule has 4 rings (SSSR count). The van der Waals surface area contributed by atoms with E-state index in [0.29, 0.717) is 0 Å². The van der Waals surface area contributed by atoms with Crippen molar-refractivity contribution in [2.45, 2.75) is 6.92 Å². The van der Waals surface area contributed by atoms with Crippen LogP contribution in [-0.4, -0.2) is 4.98 Å². The van der Waals surface area contributed by atoms with Crippen LogP contribution in [0, 0.1) is 0 Å². The second-order valence-corrected chi connectivity index (χ2v) is 7.09. The first-order chi connectivity index (χ1) is 14.2. The van der Waals surface area contributed by atoms with Crippen molar-refractivity contribution in [2.75, 3.05) is 0 Å². The van der Waals surface area contributed by atoms with Crippen LogP contribution < -0.4 is 0 Å². The van der Waals surface area contributed by atoms with Gasteiger partial charge in [0.05, 0.1) is 5.69 Å². The lowest BCUT2D eigenvalue weighted by atomic mass is 9.99. The quantitative estimate of drug-likeness (QED) is 0.329. The molecule has 0 aliphatic rings. The predicted molar refractivity (Wildman–Crippen MR) is 124 cm³/mol. The monoisotopic (exact) mass is 373 g/mol. The van der Waals surface area contributed by atoms with Gasteiger partial charge in [-0.3, -0.25) is 4.98 Å². The molecule has 1 aromatic heterocycles. The Labute approximate surface area is 172 Å². The molecule has 0 N–H and O–H groups in total. The molecule has 0 spiro atoms. The predicted octanol–water partition coefficient (Wildman–Crippen LogP) is 7.53. The van der Waals surface area contributed by atoms with Gasteiger partial charge in [-0.25, -0.2) is 0 Å². The van der Waals surface area contributed by atoms with Crippen LogP contribution >= 0.6 is 0 Å². The topological polar surface area (TPSA) is 12.9 Å². The van der Waals surface area contributed by atoms with Crippen molar-refractivity contribution in [1.82, 2.24) is 4.98 Å². The van der Waals surface area contributed by atoms with Gasteiger partial charge in [-0.1, -0.05) is 97.6 Å². The summed E-state index contributed by atoms with van der Waals surface area (Å²) in [4.78, 5) is 4.65. The van der Waals surface area contributed by atoms with Gasteiger partial charge in [0.2, 0.25) is 0 Å². The number of pyridine rings is 1. The molecule has 0 unspecified atom stereocenters. The van der Waals surface area contributed by atoms with Crippen molar-refractivity contribution in [3.63, 3.8) is 0 Å². The maximum atomic E-state index is 4.65. The molecule has 0 bridgehead atoms. The SMILES string of the molecule is C=C(/C=C(\C)c1ccc(-c2ccccc2)cn1)c1ccc(-c2ccccc2)cc1. The third-order valence-electron chi connectivity index (χ3n) is 5.03. The lowest BCUT2D eigenvalue weighted by Crippen LogP contribution is -1.88. The minimum absolute atomic E-state index is 0.965. The molecule has 0 aliphatic heterocycles. The van der Waals surface area contributed by atoms with E-state index in [1.54, 1.807) is 0 Å². The van der Waals surface area contributed by atoms with Crippen LogP contribution in [0.1, 0.15) is 18.2 Å². The number of benzene rings is 3. The van der Waals surface area contributed by atoms with Crippen LogP contribution in [0.2, 0.25) is 0 Å². The average molecular weight is 373 g/mol. The standard InChI is InChI=1S/C28H23N/c1-21(23-13-15-26(16-14-23)24-9-5-3-6-10-24)19-22(2)28-18-17-27(20-29-28)25-11-7-4-8-12-25/h3-20H,1H2,2H3/b22-19+. The molecular weight excluding hydrogens is 350 g/mol. The van der Waals surface area contributed by atoms with Crippen molar-refractivity contribution < 1.29 is 0 Å². The van der Waals surface area contributed by atoms with Gasteiger partial charge < -0.3 is 0 Å². The summed E-state index contributed by atoms with van der Waals surface area (Å²) in [5, 5.41) is 0. The lowest BCUT2D eigenvalue weighted by Gasteiger charge is -2.07. The third-order valence-corrected chi connectivity index (χ3v) is 5.03. The molecule has 0 aliphatic carbocycles. The van der Waals surface area contributed by atoms with Crippen molar-refractivity contribution in [3.05, 3.63) is 127 Å². The second-order valence-electron chi connectivity index (χ2n) is 7.09. The molecule has 1 nitrogen and oxygen atoms in total. The summed E-state index contributed by atoms with van der Waals surface area (Å²) in [6.45, 7) is 6.33. The number of allylic oxidation sites excluding steroid dienone is 3. The third kappa shape index (κ3) is 4.41. The zero-order valence-corrected chi connectivity index (χ0v) is 16.5. The molecule has 29 heavy (non-hydrogen) atoms. The molecule has 0 radical (unpaired) electrons. The second kappa shape index (κ2) is 8.53. The van der Waals surface area contributed by atoms with Crippen molar-refractivity contribution in [1.29, 1.82) is 0 Å². The number of nitrogens with zero attached hydrogens (tertiary/aromatic N) is 1. The highest BCUT2D eigenvalue weighted by Gasteiger charge is 2.03. The summed E-state index contributed by atoms with van der Waals surface area (Å²) in [5.41, 5.74) is 8.89. The number of aromatic nitrogens is 1. The first kappa shape index (κ1) is 18.6. The van der Waals surface area contributed by atoms with Crippen molar-refractivity contribution in [3.8, 4) is 22.3 Å². The van der Waals surface area contributed by atoms with E-state index in [2.05, 4.69) is 97.4 Å². The number of hydrogen-bond acceptors (Lipinski definition) is 1. The fraction of sp³-hybridized carbons (Fsp3) is 0.0357. The normalized spacial score (nSPS) is 11.3. The van der Waals surface area contributed by atoms with Gasteiger partial charge in [-0.05, 0) is 52.5 Å². The van der Waals surface area contributed by atoms with Crippen LogP contribution in [0.25, 0.3) is 33.4 Å². The zero-order valence-electron chi connectivity index (χ0n) is 16.5. The van der Waals surface area contributed by atoms with E-state index >= 15 is 0 Å². The molecule has 1 heteroatoms. The summed E-state index contributed by atoms with van der Waals surface area (Å²) in [6, 6.07) is 33.4. The molecule has 0 amide bonds. The Kier molecular flexibility index (Phi) is 5.49. The highest BCUT2D eigenvalue weighted by molar-refractivity contribution is 5.82. The van der Waals surface area contributed by atoms with E-state index in [1.165, 1.54) is 16.7 Å². The maximum Gasteiger partial charge on any atom is 0.0659 e. The maximum absolute atomic E-state index is 4.65. The summed E-state index contributed by atoms with van der Waals surface area (Å²) < 4.78 is 0. The minimum atomic E-state index is 0.965. The highest BCUT2D eigenvalue weighted by atomic mass is 14.7. The molecule has 0 atom stereocenters. The van der Waals surface area contributed by atoms with Gasteiger partial charge in [0, 0.05) is 11.8 Å². The van der Waals surface area contributed by atoms with Crippen LogP contribution in [-0.2, 0) is 0 Å². The van der Waals surface area contributed by atoms with Gasteiger partial charge >= 0.3 is 0 Å². The Morgan fingerprint density at radius 1 is 0.655 bits per heavy atom. The molecule has 0 fully saturated rings. The van der Waals surface area contributed by atoms with Gasteiger partial charge in [0.1, 0.15) is 0 Å². The molecule has 0 saturated carbocycles. The molecule has 3 aromatic carbocycles. The smallest absolute Gasteiger partial charge is 0.0659 e. The van der Waals surface area contributed by atoms with Crippen LogP contribution in [0.4, 0.5) is 0 Å². The van der Waals surface area contributed by atoms with E-state index in [4.69, 9.17) is 0 Å². The summed E-state index contributed by atoms with van der Waals surface area (Å²) in [6.07, 6.45) is 4.03. The molecule has 1 heterocycles. The number of hydrogen-bond donors (Lipinski definition) is 0. The van der Waals surface area contributed by atoms with Gasteiger partial charge in [0.15, 0.2) is 0 Å². The van der Waals surface area contributed by atoms with Crippen molar-refractivity contribution in [2.24, 2.45) is 0 Å². The summed E-state index contributed by atoms with van der Waals surface area (Å²) in [5.74, 6) is 0. The number of rotatable bonds is 5. The molecule has 0 saturated heterocycles. The van der Waals surface area contributed by atoms with E-state index in [9.17, 15) is 0 Å². The largest absolute Gasteiger partial charge is 0.256 e. The van der Waals surface area contributed by atoms with Crippen molar-refractivity contribution >= 4 is 11.1 Å². The minimum Gasteiger partial charge on any atom is -0.256 e. The highest BCUT2D eigenvalue weighted by Crippen LogP contribution is 2.25. The van der Waals surface area contributed by atoms with Crippen LogP contribution in [0.15, 0.2) is 116 Å². The van der Waals surface area contributed by atoms with E-state index < -0.39 is 0 Å². The lowest BCUT2D eigenvalue weighted by molar-refractivity contribution is 1.27. The Morgan fingerprint density at radius 3 is 1.72 bits per heavy atom. The summed E-state index contributed by atoms with van der Waals surface area (Å²) in [7, 11) is 0. The zero-order chi connectivity index (χ0) is 20.1. The Morgan fingerprint density at radius 2 is 1.17 bits per heavy atom. The Hall–Kier alpha value is -3.71. The first-order valence-corrected chi connectivity index (χ1v) is 9.75. The fourth-order valence-corrected chi connectivity index (χ4v) is 3.35. The first-order valence-electron chi connectivity index (χ1n) is 9.75. The Balaban J connectivity index is 1.50. The van der Waals surface area contributed by atoms with Crippen LogP contribution in [0.5, 0.6) is 0 Å². The summed E-state index contributed by atoms with van der Waals surface area (Å²) >= 11 is 0. The van der Waals surface area contributed by atoms with E-state index in [0.717, 1.165) is 28.0 Å². The Bertz CT molecular complexity index is 1120. The van der Waals surface area contributed by atoms with Gasteiger partial charge in [-0.15, -0.1) is 0 Å². The van der Waals surface area contributed by atoms with Crippen LogP contribution in [0.3, 0.4) is 0 Å². The fourth-order valence-electron chi connectivity index (χ4n) is 3.35. The molecule has 140 valence electrons. The van der Waals surface area contributed by atoms with E-state index in [-0.39, 0.29) is 0 Å².